The molecule has 1 aromatic heterocycles. The van der Waals surface area contributed by atoms with Crippen LogP contribution in [0.1, 0.15) is 35.8 Å². The third-order valence-electron chi connectivity index (χ3n) is 5.15. The van der Waals surface area contributed by atoms with Gasteiger partial charge in [-0.2, -0.15) is 17.0 Å². The number of amides is 1. The monoisotopic (exact) mass is 366 g/mol. The number of hydrogen-bond acceptors (Lipinski definition) is 4. The Labute approximate surface area is 149 Å². The van der Waals surface area contributed by atoms with Gasteiger partial charge in [-0.25, -0.2) is 0 Å². The molecule has 1 amide bonds. The fraction of sp³-hybridized carbons (Fsp3) is 0.647. The van der Waals surface area contributed by atoms with Gasteiger partial charge in [0.05, 0.1) is 0 Å². The largest absolute Gasteiger partial charge is 0.334 e. The number of rotatable bonds is 4. The highest BCUT2D eigenvalue weighted by atomic mass is 32.2. The first kappa shape index (κ1) is 18.3. The van der Waals surface area contributed by atoms with Gasteiger partial charge >= 0.3 is 0 Å². The van der Waals surface area contributed by atoms with E-state index in [4.69, 9.17) is 0 Å². The van der Waals surface area contributed by atoms with Gasteiger partial charge in [0.15, 0.2) is 0 Å². The van der Waals surface area contributed by atoms with E-state index in [0.717, 1.165) is 25.0 Å². The number of piperidine rings is 1. The Kier molecular flexibility index (Phi) is 5.13. The lowest BCUT2D eigenvalue weighted by Gasteiger charge is -2.36. The van der Waals surface area contributed by atoms with Crippen LogP contribution in [0.5, 0.6) is 0 Å². The minimum atomic E-state index is -3.45. The molecule has 0 spiro atoms. The van der Waals surface area contributed by atoms with Crippen LogP contribution < -0.4 is 0 Å². The Balaban J connectivity index is 1.84. The average molecular weight is 366 g/mol. The summed E-state index contributed by atoms with van der Waals surface area (Å²) in [4.78, 5) is 19.1. The van der Waals surface area contributed by atoms with Crippen molar-refractivity contribution >= 4 is 16.1 Å². The molecule has 3 saturated heterocycles. The third kappa shape index (κ3) is 3.56. The normalized spacial score (nSPS) is 24.6. The van der Waals surface area contributed by atoms with Crippen LogP contribution in [0.3, 0.4) is 0 Å². The molecular weight excluding hydrogens is 340 g/mol. The first-order valence-corrected chi connectivity index (χ1v) is 10.2. The second-order valence-electron chi connectivity index (χ2n) is 7.05. The number of carbonyl (C=O) groups is 1. The van der Waals surface area contributed by atoms with E-state index in [1.54, 1.807) is 26.4 Å². The molecular formula is C17H26N4O3S. The van der Waals surface area contributed by atoms with Crippen LogP contribution >= 0.6 is 0 Å². The highest BCUT2D eigenvalue weighted by Crippen LogP contribution is 2.30. The molecule has 3 aliphatic rings. The Morgan fingerprint density at radius 1 is 1.28 bits per heavy atom. The van der Waals surface area contributed by atoms with Crippen LogP contribution in [0.2, 0.25) is 0 Å². The van der Waals surface area contributed by atoms with Crippen molar-refractivity contribution < 1.29 is 13.2 Å². The highest BCUT2D eigenvalue weighted by molar-refractivity contribution is 7.86. The fourth-order valence-corrected chi connectivity index (χ4v) is 4.90. The molecule has 2 bridgehead atoms. The highest BCUT2D eigenvalue weighted by Gasteiger charge is 2.41. The summed E-state index contributed by atoms with van der Waals surface area (Å²) in [6.45, 7) is 3.48. The molecule has 1 aromatic rings. The van der Waals surface area contributed by atoms with Crippen LogP contribution in [-0.2, 0) is 16.6 Å². The summed E-state index contributed by atoms with van der Waals surface area (Å²) >= 11 is 0. The van der Waals surface area contributed by atoms with Gasteiger partial charge in [0.1, 0.15) is 0 Å². The summed E-state index contributed by atoms with van der Waals surface area (Å²) in [5.74, 6) is 0.167. The second kappa shape index (κ2) is 7.01. The van der Waals surface area contributed by atoms with Crippen LogP contribution in [0.4, 0.5) is 0 Å². The Hall–Kier alpha value is -1.51. The first-order chi connectivity index (χ1) is 11.8. The minimum Gasteiger partial charge on any atom is -0.334 e. The molecule has 2 atom stereocenters. The van der Waals surface area contributed by atoms with E-state index < -0.39 is 10.2 Å². The maximum Gasteiger partial charge on any atom is 0.281 e. The molecule has 138 valence electrons. The molecule has 0 aliphatic carbocycles. The topological polar surface area (TPSA) is 73.8 Å². The van der Waals surface area contributed by atoms with Crippen molar-refractivity contribution in [3.8, 4) is 0 Å². The summed E-state index contributed by atoms with van der Waals surface area (Å²) in [6, 6.07) is 3.52. The number of hydrogen-bond donors (Lipinski definition) is 0. The number of aryl methyl sites for hydroxylation is 1. The average Bonchev–Trinajstić information content (AvgIpc) is 2.93. The van der Waals surface area contributed by atoms with Gasteiger partial charge in [-0.3, -0.25) is 9.78 Å². The van der Waals surface area contributed by atoms with Crippen molar-refractivity contribution in [3.05, 3.63) is 29.6 Å². The van der Waals surface area contributed by atoms with Crippen molar-refractivity contribution in [2.45, 2.75) is 32.2 Å². The second-order valence-corrected chi connectivity index (χ2v) is 9.19. The third-order valence-corrected chi connectivity index (χ3v) is 7.03. The van der Waals surface area contributed by atoms with Gasteiger partial charge in [0.2, 0.25) is 0 Å². The first-order valence-electron chi connectivity index (χ1n) is 8.76. The van der Waals surface area contributed by atoms with E-state index in [9.17, 15) is 13.2 Å². The van der Waals surface area contributed by atoms with Crippen molar-refractivity contribution in [1.82, 2.24) is 18.5 Å². The summed E-state index contributed by atoms with van der Waals surface area (Å²) in [5, 5.41) is 0. The molecule has 4 heterocycles. The van der Waals surface area contributed by atoms with E-state index in [1.807, 2.05) is 17.9 Å². The maximum absolute atomic E-state index is 13.0. The molecule has 8 heteroatoms. The van der Waals surface area contributed by atoms with E-state index in [1.165, 1.54) is 8.61 Å². The van der Waals surface area contributed by atoms with Crippen molar-refractivity contribution in [2.24, 2.45) is 5.92 Å². The molecule has 3 fully saturated rings. The Morgan fingerprint density at radius 3 is 2.72 bits per heavy atom. The Bertz CT molecular complexity index is 750. The lowest BCUT2D eigenvalue weighted by molar-refractivity contribution is 0.0588. The molecule has 0 unspecified atom stereocenters. The van der Waals surface area contributed by atoms with Crippen LogP contribution in [0, 0.1) is 5.92 Å². The standard InChI is InChI=1S/C17H26N4O3S/c1-4-15-9-14(7-8-18-15)17(22)21-11-13-5-6-16(21)12-20(10-13)25(23,24)19(2)3/h7-9,13,16H,4-6,10-12H2,1-3H3/t13-,16+/m1/s1. The molecule has 0 radical (unpaired) electrons. The quantitative estimate of drug-likeness (QED) is 0.796. The van der Waals surface area contributed by atoms with E-state index >= 15 is 0 Å². The summed E-state index contributed by atoms with van der Waals surface area (Å²) in [6.07, 6.45) is 4.26. The van der Waals surface area contributed by atoms with Gasteiger partial charge in [-0.15, -0.1) is 0 Å². The van der Waals surface area contributed by atoms with Gasteiger partial charge < -0.3 is 4.90 Å². The van der Waals surface area contributed by atoms with Gasteiger partial charge in [0, 0.05) is 57.2 Å². The minimum absolute atomic E-state index is 0.0177. The van der Waals surface area contributed by atoms with E-state index in [-0.39, 0.29) is 17.9 Å². The van der Waals surface area contributed by atoms with E-state index in [0.29, 0.717) is 25.2 Å². The number of pyridine rings is 1. The van der Waals surface area contributed by atoms with Gasteiger partial charge in [-0.05, 0) is 37.3 Å². The van der Waals surface area contributed by atoms with Gasteiger partial charge in [0.25, 0.3) is 16.1 Å². The predicted octanol–water partition coefficient (Wildman–Crippen LogP) is 0.987. The SMILES string of the molecule is CCc1cc(C(=O)N2C[C@@H]3CC[C@H]2CN(S(=O)(=O)N(C)C)C3)ccn1. The molecule has 0 N–H and O–H groups in total. The summed E-state index contributed by atoms with van der Waals surface area (Å²) < 4.78 is 27.8. The zero-order valence-electron chi connectivity index (χ0n) is 15.1. The molecule has 25 heavy (non-hydrogen) atoms. The lowest BCUT2D eigenvalue weighted by Crippen LogP contribution is -2.48. The fourth-order valence-electron chi connectivity index (χ4n) is 3.68. The number of aromatic nitrogens is 1. The molecule has 4 rings (SSSR count). The number of carbonyl (C=O) groups excluding carboxylic acids is 1. The van der Waals surface area contributed by atoms with Crippen molar-refractivity contribution in [3.63, 3.8) is 0 Å². The van der Waals surface area contributed by atoms with Gasteiger partial charge in [-0.1, -0.05) is 6.92 Å². The predicted molar refractivity (Wildman–Crippen MR) is 95.3 cm³/mol. The summed E-state index contributed by atoms with van der Waals surface area (Å²) in [7, 11) is -0.355. The van der Waals surface area contributed by atoms with Crippen molar-refractivity contribution in [2.75, 3.05) is 33.7 Å². The maximum atomic E-state index is 13.0. The summed E-state index contributed by atoms with van der Waals surface area (Å²) in [5.41, 5.74) is 1.53. The van der Waals surface area contributed by atoms with Crippen molar-refractivity contribution in [1.29, 1.82) is 0 Å². The lowest BCUT2D eigenvalue weighted by atomic mass is 9.94. The van der Waals surface area contributed by atoms with Crippen LogP contribution in [0.25, 0.3) is 0 Å². The smallest absolute Gasteiger partial charge is 0.281 e. The molecule has 7 nitrogen and oxygen atoms in total. The molecule has 0 saturated carbocycles. The zero-order valence-corrected chi connectivity index (χ0v) is 15.9. The Morgan fingerprint density at radius 2 is 2.04 bits per heavy atom. The van der Waals surface area contributed by atoms with E-state index in [2.05, 4.69) is 4.98 Å². The molecule has 3 aliphatic heterocycles. The number of fused-ring (bicyclic) bond motifs is 4. The number of nitrogens with zero attached hydrogens (tertiary/aromatic N) is 4. The van der Waals surface area contributed by atoms with Crippen LogP contribution in [-0.4, -0.2) is 72.6 Å². The molecule has 0 aromatic carbocycles. The van der Waals surface area contributed by atoms with Crippen LogP contribution in [0.15, 0.2) is 18.3 Å². The zero-order chi connectivity index (χ0) is 18.2.